The Morgan fingerprint density at radius 1 is 1.39 bits per heavy atom. The zero-order valence-corrected chi connectivity index (χ0v) is 12.8. The Hall–Kier alpha value is -2.61. The number of hydrogen-bond donors (Lipinski definition) is 1. The van der Waals surface area contributed by atoms with Crippen LogP contribution in [0.2, 0.25) is 0 Å². The number of morpholine rings is 1. The van der Waals surface area contributed by atoms with E-state index in [4.69, 9.17) is 9.15 Å². The first-order valence-corrected chi connectivity index (χ1v) is 7.48. The summed E-state index contributed by atoms with van der Waals surface area (Å²) in [6.45, 7) is 4.57. The molecule has 1 fully saturated rings. The molecule has 0 atom stereocenters. The van der Waals surface area contributed by atoms with Gasteiger partial charge in [0.2, 0.25) is 0 Å². The highest BCUT2D eigenvalue weighted by Gasteiger charge is 2.22. The van der Waals surface area contributed by atoms with Gasteiger partial charge in [0.15, 0.2) is 5.76 Å². The van der Waals surface area contributed by atoms with Gasteiger partial charge < -0.3 is 19.4 Å². The van der Waals surface area contributed by atoms with Gasteiger partial charge in [-0.25, -0.2) is 4.68 Å². The summed E-state index contributed by atoms with van der Waals surface area (Å²) in [5.74, 6) is -0.238. The van der Waals surface area contributed by atoms with Crippen LogP contribution in [0, 0.1) is 0 Å². The number of ether oxygens (including phenoxy) is 1. The van der Waals surface area contributed by atoms with Gasteiger partial charge in [0.25, 0.3) is 11.5 Å². The molecule has 2 aromatic heterocycles. The highest BCUT2D eigenvalue weighted by atomic mass is 16.5. The Morgan fingerprint density at radius 2 is 2.17 bits per heavy atom. The van der Waals surface area contributed by atoms with Crippen molar-refractivity contribution in [3.63, 3.8) is 0 Å². The molecule has 0 aliphatic carbocycles. The Bertz CT molecular complexity index is 732. The minimum atomic E-state index is -0.417. The van der Waals surface area contributed by atoms with Crippen LogP contribution in [0.4, 0.5) is 11.4 Å². The molecule has 3 heterocycles. The SMILES string of the molecule is CCn1ncc(NC(=O)c2ccco2)c(N2CCOCC2)c1=O. The number of aryl methyl sites for hydroxylation is 1. The van der Waals surface area contributed by atoms with Crippen LogP contribution in [0.5, 0.6) is 0 Å². The van der Waals surface area contributed by atoms with Crippen LogP contribution in [-0.2, 0) is 11.3 Å². The number of carbonyl (C=O) groups is 1. The molecule has 23 heavy (non-hydrogen) atoms. The van der Waals surface area contributed by atoms with E-state index in [0.717, 1.165) is 0 Å². The first-order valence-electron chi connectivity index (χ1n) is 7.48. The van der Waals surface area contributed by atoms with Crippen molar-refractivity contribution < 1.29 is 13.9 Å². The number of anilines is 2. The monoisotopic (exact) mass is 318 g/mol. The highest BCUT2D eigenvalue weighted by molar-refractivity contribution is 6.03. The van der Waals surface area contributed by atoms with Crippen LogP contribution >= 0.6 is 0 Å². The van der Waals surface area contributed by atoms with Crippen LogP contribution in [0.3, 0.4) is 0 Å². The normalized spacial score (nSPS) is 14.7. The Morgan fingerprint density at radius 3 is 2.83 bits per heavy atom. The zero-order chi connectivity index (χ0) is 16.2. The second-order valence-electron chi connectivity index (χ2n) is 5.06. The first kappa shape index (κ1) is 15.3. The highest BCUT2D eigenvalue weighted by Crippen LogP contribution is 2.22. The largest absolute Gasteiger partial charge is 0.459 e. The molecule has 0 radical (unpaired) electrons. The molecular formula is C15H18N4O4. The lowest BCUT2D eigenvalue weighted by Crippen LogP contribution is -2.41. The average molecular weight is 318 g/mol. The molecule has 1 aliphatic heterocycles. The van der Waals surface area contributed by atoms with E-state index in [2.05, 4.69) is 10.4 Å². The topological polar surface area (TPSA) is 89.6 Å². The summed E-state index contributed by atoms with van der Waals surface area (Å²) in [4.78, 5) is 26.7. The molecule has 8 nitrogen and oxygen atoms in total. The fraction of sp³-hybridized carbons (Fsp3) is 0.400. The summed E-state index contributed by atoms with van der Waals surface area (Å²) in [5, 5.41) is 6.80. The van der Waals surface area contributed by atoms with E-state index in [1.54, 1.807) is 12.1 Å². The molecule has 0 aromatic carbocycles. The Balaban J connectivity index is 1.96. The van der Waals surface area contributed by atoms with E-state index < -0.39 is 5.91 Å². The van der Waals surface area contributed by atoms with Crippen molar-refractivity contribution in [2.24, 2.45) is 0 Å². The summed E-state index contributed by atoms with van der Waals surface area (Å²) < 4.78 is 11.8. The molecule has 0 bridgehead atoms. The van der Waals surface area contributed by atoms with Gasteiger partial charge in [-0.2, -0.15) is 5.10 Å². The molecule has 1 N–H and O–H groups in total. The lowest BCUT2D eigenvalue weighted by molar-refractivity contribution is 0.0996. The number of amides is 1. The van der Waals surface area contributed by atoms with E-state index in [0.29, 0.717) is 44.2 Å². The van der Waals surface area contributed by atoms with E-state index in [9.17, 15) is 9.59 Å². The zero-order valence-electron chi connectivity index (χ0n) is 12.8. The van der Waals surface area contributed by atoms with Crippen molar-refractivity contribution in [1.82, 2.24) is 9.78 Å². The molecule has 1 aliphatic rings. The fourth-order valence-electron chi connectivity index (χ4n) is 2.48. The van der Waals surface area contributed by atoms with E-state index >= 15 is 0 Å². The summed E-state index contributed by atoms with van der Waals surface area (Å²) in [6.07, 6.45) is 2.92. The van der Waals surface area contributed by atoms with E-state index in [1.807, 2.05) is 11.8 Å². The fourth-order valence-corrected chi connectivity index (χ4v) is 2.48. The molecule has 0 spiro atoms. The molecular weight excluding hydrogens is 300 g/mol. The maximum absolute atomic E-state index is 12.6. The summed E-state index contributed by atoms with van der Waals surface area (Å²) in [6, 6.07) is 3.19. The van der Waals surface area contributed by atoms with Gasteiger partial charge in [0.05, 0.1) is 31.4 Å². The number of nitrogens with zero attached hydrogens (tertiary/aromatic N) is 3. The molecule has 2 aromatic rings. The van der Waals surface area contributed by atoms with Crippen LogP contribution in [0.15, 0.2) is 33.8 Å². The van der Waals surface area contributed by atoms with Crippen molar-refractivity contribution in [2.75, 3.05) is 36.5 Å². The quantitative estimate of drug-likeness (QED) is 0.902. The molecule has 3 rings (SSSR count). The first-order chi connectivity index (χ1) is 11.2. The molecule has 0 unspecified atom stereocenters. The van der Waals surface area contributed by atoms with Gasteiger partial charge in [-0.15, -0.1) is 0 Å². The van der Waals surface area contributed by atoms with Gasteiger partial charge in [-0.05, 0) is 19.1 Å². The maximum Gasteiger partial charge on any atom is 0.292 e. The second kappa shape index (κ2) is 6.66. The van der Waals surface area contributed by atoms with Gasteiger partial charge in [-0.1, -0.05) is 0 Å². The molecule has 1 saturated heterocycles. The summed E-state index contributed by atoms with van der Waals surface area (Å²) in [7, 11) is 0. The Labute approximate surface area is 132 Å². The van der Waals surface area contributed by atoms with Crippen LogP contribution < -0.4 is 15.8 Å². The van der Waals surface area contributed by atoms with Crippen molar-refractivity contribution in [2.45, 2.75) is 13.5 Å². The average Bonchev–Trinajstić information content (AvgIpc) is 3.11. The van der Waals surface area contributed by atoms with Gasteiger partial charge in [0, 0.05) is 19.6 Å². The number of aromatic nitrogens is 2. The van der Waals surface area contributed by atoms with Crippen LogP contribution in [0.25, 0.3) is 0 Å². The minimum Gasteiger partial charge on any atom is -0.459 e. The smallest absolute Gasteiger partial charge is 0.292 e. The number of nitrogens with one attached hydrogen (secondary N) is 1. The Kier molecular flexibility index (Phi) is 4.42. The predicted octanol–water partition coefficient (Wildman–Crippen LogP) is 0.945. The summed E-state index contributed by atoms with van der Waals surface area (Å²) >= 11 is 0. The van der Waals surface area contributed by atoms with Gasteiger partial charge >= 0.3 is 0 Å². The molecule has 122 valence electrons. The minimum absolute atomic E-state index is 0.178. The molecule has 0 saturated carbocycles. The lowest BCUT2D eigenvalue weighted by atomic mass is 10.3. The van der Waals surface area contributed by atoms with Gasteiger partial charge in [-0.3, -0.25) is 9.59 Å². The number of furan rings is 1. The molecule has 8 heteroatoms. The third-order valence-electron chi connectivity index (χ3n) is 3.64. The third-order valence-corrected chi connectivity index (χ3v) is 3.64. The van der Waals surface area contributed by atoms with Crippen LogP contribution in [-0.4, -0.2) is 42.0 Å². The lowest BCUT2D eigenvalue weighted by Gasteiger charge is -2.29. The van der Waals surface area contributed by atoms with Gasteiger partial charge in [0.1, 0.15) is 5.69 Å². The van der Waals surface area contributed by atoms with Crippen molar-refractivity contribution in [3.8, 4) is 0 Å². The van der Waals surface area contributed by atoms with Crippen LogP contribution in [0.1, 0.15) is 17.5 Å². The van der Waals surface area contributed by atoms with Crippen molar-refractivity contribution >= 4 is 17.3 Å². The van der Waals surface area contributed by atoms with Crippen molar-refractivity contribution in [1.29, 1.82) is 0 Å². The standard InChI is InChI=1S/C15H18N4O4/c1-2-19-15(21)13(18-5-8-22-9-6-18)11(10-16-19)17-14(20)12-4-3-7-23-12/h3-4,7,10H,2,5-6,8-9H2,1H3,(H,17,20). The predicted molar refractivity (Wildman–Crippen MR) is 83.9 cm³/mol. The number of hydrogen-bond acceptors (Lipinski definition) is 6. The van der Waals surface area contributed by atoms with E-state index in [-0.39, 0.29) is 11.3 Å². The maximum atomic E-state index is 12.6. The number of rotatable bonds is 4. The number of carbonyl (C=O) groups excluding carboxylic acids is 1. The molecule has 1 amide bonds. The second-order valence-corrected chi connectivity index (χ2v) is 5.06. The third kappa shape index (κ3) is 3.11. The summed E-state index contributed by atoms with van der Waals surface area (Å²) in [5.41, 5.74) is 0.583. The van der Waals surface area contributed by atoms with Crippen molar-refractivity contribution in [3.05, 3.63) is 40.7 Å². The van der Waals surface area contributed by atoms with E-state index in [1.165, 1.54) is 17.1 Å².